The molecule has 2 nitrogen and oxygen atoms in total. The second kappa shape index (κ2) is 15.8. The van der Waals surface area contributed by atoms with Crippen molar-refractivity contribution in [1.29, 1.82) is 0 Å². The first-order valence-electron chi connectivity index (χ1n) is 21.9. The summed E-state index contributed by atoms with van der Waals surface area (Å²) in [6.07, 6.45) is 0. The van der Waals surface area contributed by atoms with Crippen molar-refractivity contribution in [3.63, 3.8) is 0 Å². The Labute approximate surface area is 372 Å². The molecule has 0 spiro atoms. The molecule has 12 rings (SSSR count). The van der Waals surface area contributed by atoms with Crippen LogP contribution in [0.1, 0.15) is 0 Å². The molecule has 0 atom stereocenters. The van der Waals surface area contributed by atoms with E-state index in [-0.39, 0.29) is 0 Å². The second-order valence-corrected chi connectivity index (χ2v) is 16.5. The molecule has 0 amide bonds. The monoisotopic (exact) mass is 812 g/mol. The van der Waals surface area contributed by atoms with E-state index in [9.17, 15) is 0 Å². The Hall–Kier alpha value is -8.46. The molecule has 0 aliphatic carbocycles. The van der Waals surface area contributed by atoms with E-state index in [4.69, 9.17) is 9.97 Å². The number of rotatable bonds is 7. The lowest BCUT2D eigenvalue weighted by atomic mass is 9.83. The third-order valence-electron chi connectivity index (χ3n) is 12.6. The van der Waals surface area contributed by atoms with Crippen LogP contribution in [0.3, 0.4) is 0 Å². The van der Waals surface area contributed by atoms with E-state index in [0.717, 1.165) is 39.2 Å². The lowest BCUT2D eigenvalue weighted by Gasteiger charge is -2.19. The molecule has 1 heterocycles. The Morgan fingerprint density at radius 2 is 0.688 bits per heavy atom. The maximum absolute atomic E-state index is 5.12. The molecular weight excluding hydrogens is 773 g/mol. The predicted octanol–water partition coefficient (Wildman–Crippen LogP) is 16.8. The number of fused-ring (bicyclic) bond motifs is 5. The molecule has 0 bridgehead atoms. The van der Waals surface area contributed by atoms with Gasteiger partial charge in [-0.25, -0.2) is 9.97 Å². The number of aromatic nitrogens is 2. The zero-order valence-electron chi connectivity index (χ0n) is 35.0. The second-order valence-electron chi connectivity index (χ2n) is 16.5. The zero-order chi connectivity index (χ0) is 42.4. The predicted molar refractivity (Wildman–Crippen MR) is 270 cm³/mol. The molecule has 0 aliphatic rings. The van der Waals surface area contributed by atoms with Gasteiger partial charge in [0.05, 0.1) is 11.4 Å². The summed E-state index contributed by atoms with van der Waals surface area (Å²) in [4.78, 5) is 10.2. The van der Waals surface area contributed by atoms with Crippen molar-refractivity contribution in [3.05, 3.63) is 243 Å². The fourth-order valence-electron chi connectivity index (χ4n) is 9.53. The van der Waals surface area contributed by atoms with Crippen LogP contribution in [0.5, 0.6) is 0 Å². The minimum absolute atomic E-state index is 0.706. The van der Waals surface area contributed by atoms with Gasteiger partial charge in [-0.15, -0.1) is 0 Å². The van der Waals surface area contributed by atoms with Crippen LogP contribution in [0.25, 0.3) is 122 Å². The number of benzene rings is 11. The summed E-state index contributed by atoms with van der Waals surface area (Å²) in [6.45, 7) is 0. The molecular formula is C62H40N2. The maximum Gasteiger partial charge on any atom is 0.160 e. The quantitative estimate of drug-likeness (QED) is 0.118. The van der Waals surface area contributed by atoms with Crippen molar-refractivity contribution in [2.45, 2.75) is 0 Å². The highest BCUT2D eigenvalue weighted by Crippen LogP contribution is 2.46. The van der Waals surface area contributed by atoms with Gasteiger partial charge in [-0.2, -0.15) is 0 Å². The molecule has 0 saturated heterocycles. The van der Waals surface area contributed by atoms with Crippen LogP contribution < -0.4 is 0 Å². The van der Waals surface area contributed by atoms with Crippen molar-refractivity contribution in [2.24, 2.45) is 0 Å². The van der Waals surface area contributed by atoms with E-state index >= 15 is 0 Å². The highest BCUT2D eigenvalue weighted by molar-refractivity contribution is 6.28. The summed E-state index contributed by atoms with van der Waals surface area (Å²) < 4.78 is 0. The molecule has 0 aliphatic heterocycles. The molecule has 0 unspecified atom stereocenters. The smallest absolute Gasteiger partial charge is 0.160 e. The molecule has 0 saturated carbocycles. The van der Waals surface area contributed by atoms with Crippen LogP contribution in [-0.2, 0) is 0 Å². The van der Waals surface area contributed by atoms with Gasteiger partial charge >= 0.3 is 0 Å². The summed E-state index contributed by atoms with van der Waals surface area (Å²) in [5.41, 5.74) is 14.5. The summed E-state index contributed by atoms with van der Waals surface area (Å²) in [5.74, 6) is 0.706. The van der Waals surface area contributed by atoms with Crippen LogP contribution in [-0.4, -0.2) is 9.97 Å². The summed E-state index contributed by atoms with van der Waals surface area (Å²) in [7, 11) is 0. The zero-order valence-corrected chi connectivity index (χ0v) is 35.0. The van der Waals surface area contributed by atoms with Crippen molar-refractivity contribution in [1.82, 2.24) is 9.97 Å². The standard InChI is InChI=1S/C62H40N2/c1-4-15-41(16-5-1)47-22-14-23-51(38-47)58-40-57(63-62(64-58)46-20-8-3-9-21-46)44-29-27-42(28-30-44)48-31-32-50-39-52(34-33-49(50)37-48)60-55-26-13-12-25-54(55)59(45-18-6-2-7-19-45)56-36-35-43-17-10-11-24-53(43)61(56)60/h1-40H. The van der Waals surface area contributed by atoms with E-state index < -0.39 is 0 Å². The Morgan fingerprint density at radius 3 is 1.41 bits per heavy atom. The van der Waals surface area contributed by atoms with Crippen LogP contribution in [0.2, 0.25) is 0 Å². The maximum atomic E-state index is 5.12. The first kappa shape index (κ1) is 37.3. The highest BCUT2D eigenvalue weighted by Gasteiger charge is 2.19. The summed E-state index contributed by atoms with van der Waals surface area (Å²) in [5, 5.41) is 10.0. The first-order valence-corrected chi connectivity index (χ1v) is 21.9. The Kier molecular flexibility index (Phi) is 9.20. The molecule has 298 valence electrons. The van der Waals surface area contributed by atoms with Crippen LogP contribution in [0, 0.1) is 0 Å². The first-order chi connectivity index (χ1) is 31.7. The Morgan fingerprint density at radius 1 is 0.219 bits per heavy atom. The van der Waals surface area contributed by atoms with Crippen molar-refractivity contribution in [2.75, 3.05) is 0 Å². The van der Waals surface area contributed by atoms with Crippen molar-refractivity contribution < 1.29 is 0 Å². The van der Waals surface area contributed by atoms with E-state index in [0.29, 0.717) is 5.82 Å². The third kappa shape index (κ3) is 6.70. The lowest BCUT2D eigenvalue weighted by Crippen LogP contribution is -1.96. The third-order valence-corrected chi connectivity index (χ3v) is 12.6. The molecule has 0 N–H and O–H groups in total. The number of hydrogen-bond acceptors (Lipinski definition) is 2. The minimum atomic E-state index is 0.706. The Balaban J connectivity index is 0.927. The SMILES string of the molecule is c1ccc(-c2cccc(-c3cc(-c4ccc(-c5ccc6cc(-c7c8ccccc8c(-c8ccccc8)c8ccc9ccccc9c78)ccc6c5)cc4)nc(-c4ccccc4)n3)c2)cc1. The average Bonchev–Trinajstić information content (AvgIpc) is 3.38. The average molecular weight is 813 g/mol. The van der Waals surface area contributed by atoms with E-state index in [2.05, 4.69) is 218 Å². The van der Waals surface area contributed by atoms with Gasteiger partial charge in [0.1, 0.15) is 0 Å². The van der Waals surface area contributed by atoms with Gasteiger partial charge in [0, 0.05) is 16.7 Å². The topological polar surface area (TPSA) is 25.8 Å². The van der Waals surface area contributed by atoms with Crippen LogP contribution >= 0.6 is 0 Å². The molecule has 64 heavy (non-hydrogen) atoms. The largest absolute Gasteiger partial charge is 0.228 e. The van der Waals surface area contributed by atoms with Gasteiger partial charge < -0.3 is 0 Å². The van der Waals surface area contributed by atoms with Gasteiger partial charge in [-0.1, -0.05) is 218 Å². The minimum Gasteiger partial charge on any atom is -0.228 e. The summed E-state index contributed by atoms with van der Waals surface area (Å²) in [6, 6.07) is 87.2. The van der Waals surface area contributed by atoms with E-state index in [1.54, 1.807) is 0 Å². The van der Waals surface area contributed by atoms with Crippen molar-refractivity contribution >= 4 is 43.1 Å². The molecule has 0 fully saturated rings. The van der Waals surface area contributed by atoms with Gasteiger partial charge in [-0.05, 0) is 112 Å². The fraction of sp³-hybridized carbons (Fsp3) is 0. The highest BCUT2D eigenvalue weighted by atomic mass is 14.9. The van der Waals surface area contributed by atoms with Crippen LogP contribution in [0.15, 0.2) is 243 Å². The number of nitrogens with zero attached hydrogens (tertiary/aromatic N) is 2. The normalized spacial score (nSPS) is 11.4. The molecule has 1 aromatic heterocycles. The van der Waals surface area contributed by atoms with Gasteiger partial charge in [0.25, 0.3) is 0 Å². The lowest BCUT2D eigenvalue weighted by molar-refractivity contribution is 1.18. The molecule has 2 heteroatoms. The van der Waals surface area contributed by atoms with Crippen LogP contribution in [0.4, 0.5) is 0 Å². The van der Waals surface area contributed by atoms with E-state index in [1.165, 1.54) is 76.5 Å². The molecule has 0 radical (unpaired) electrons. The molecule has 11 aromatic carbocycles. The van der Waals surface area contributed by atoms with Gasteiger partial charge in [0.2, 0.25) is 0 Å². The van der Waals surface area contributed by atoms with Gasteiger partial charge in [0.15, 0.2) is 5.82 Å². The van der Waals surface area contributed by atoms with Gasteiger partial charge in [-0.3, -0.25) is 0 Å². The molecule has 12 aromatic rings. The number of hydrogen-bond donors (Lipinski definition) is 0. The Bertz CT molecular complexity index is 3690. The summed E-state index contributed by atoms with van der Waals surface area (Å²) >= 11 is 0. The van der Waals surface area contributed by atoms with E-state index in [1.807, 2.05) is 24.3 Å². The fourth-order valence-corrected chi connectivity index (χ4v) is 9.53. The van der Waals surface area contributed by atoms with Crippen molar-refractivity contribution in [3.8, 4) is 78.4 Å².